The van der Waals surface area contributed by atoms with Gasteiger partial charge in [-0.1, -0.05) is 29.3 Å². The summed E-state index contributed by atoms with van der Waals surface area (Å²) in [5.41, 5.74) is 0. The van der Waals surface area contributed by atoms with E-state index in [-0.39, 0.29) is 24.5 Å². The summed E-state index contributed by atoms with van der Waals surface area (Å²) in [4.78, 5) is 25.6. The van der Waals surface area contributed by atoms with E-state index in [1.54, 1.807) is 12.1 Å². The van der Waals surface area contributed by atoms with Gasteiger partial charge in [0.05, 0.1) is 23.9 Å². The minimum absolute atomic E-state index is 0.0199. The van der Waals surface area contributed by atoms with Gasteiger partial charge in [0.15, 0.2) is 9.84 Å². The minimum atomic E-state index is -3.70. The molecule has 1 unspecified atom stereocenters. The molecule has 1 aliphatic heterocycles. The highest BCUT2D eigenvalue weighted by Gasteiger charge is 2.46. The summed E-state index contributed by atoms with van der Waals surface area (Å²) in [6.45, 7) is 2.08. The monoisotopic (exact) mass is 447 g/mol. The Morgan fingerprint density at radius 1 is 1.27 bits per heavy atom. The molecule has 7 nitrogen and oxygen atoms in total. The first kappa shape index (κ1) is 20.7. The van der Waals surface area contributed by atoms with Crippen LogP contribution in [0, 0.1) is 0 Å². The fourth-order valence-corrected chi connectivity index (χ4v) is 4.74. The fourth-order valence-electron chi connectivity index (χ4n) is 2.79. The van der Waals surface area contributed by atoms with Crippen LogP contribution in [-0.2, 0) is 24.1 Å². The van der Waals surface area contributed by atoms with Crippen molar-refractivity contribution in [2.75, 3.05) is 20.3 Å². The molecule has 1 fully saturated rings. The lowest BCUT2D eigenvalue weighted by molar-refractivity contribution is -0.145. The number of carbonyl (C=O) groups is 2. The SMILES string of the molecule is CCCCOC(=O)N1CC(S(=O)(=O)c2ccc(Br)cc2)C[C@H]1C(=O)OC. The van der Waals surface area contributed by atoms with Crippen LogP contribution in [0.3, 0.4) is 0 Å². The van der Waals surface area contributed by atoms with Gasteiger partial charge in [-0.25, -0.2) is 18.0 Å². The molecule has 1 aromatic carbocycles. The number of hydrogen-bond acceptors (Lipinski definition) is 6. The highest BCUT2D eigenvalue weighted by molar-refractivity contribution is 9.10. The third kappa shape index (κ3) is 4.56. The molecule has 2 rings (SSSR count). The maximum atomic E-state index is 12.9. The molecule has 1 aromatic rings. The maximum Gasteiger partial charge on any atom is 0.410 e. The number of amides is 1. The summed E-state index contributed by atoms with van der Waals surface area (Å²) < 4.78 is 36.4. The molecule has 0 bridgehead atoms. The molecule has 0 radical (unpaired) electrons. The predicted octanol–water partition coefficient (Wildman–Crippen LogP) is 2.78. The predicted molar refractivity (Wildman–Crippen MR) is 98.5 cm³/mol. The molecule has 1 amide bonds. The van der Waals surface area contributed by atoms with Gasteiger partial charge in [-0.15, -0.1) is 0 Å². The van der Waals surface area contributed by atoms with E-state index < -0.39 is 33.2 Å². The summed E-state index contributed by atoms with van der Waals surface area (Å²) in [6.07, 6.45) is 0.841. The van der Waals surface area contributed by atoms with E-state index in [9.17, 15) is 18.0 Å². The molecular formula is C17H22BrNO6S. The number of nitrogens with zero attached hydrogens (tertiary/aromatic N) is 1. The van der Waals surface area contributed by atoms with Crippen LogP contribution in [0.4, 0.5) is 4.79 Å². The number of hydrogen-bond donors (Lipinski definition) is 0. The van der Waals surface area contributed by atoms with Crippen molar-refractivity contribution in [3.63, 3.8) is 0 Å². The van der Waals surface area contributed by atoms with Crippen LogP contribution in [0.25, 0.3) is 0 Å². The van der Waals surface area contributed by atoms with Gasteiger partial charge < -0.3 is 9.47 Å². The molecule has 0 N–H and O–H groups in total. The van der Waals surface area contributed by atoms with Crippen molar-refractivity contribution in [2.45, 2.75) is 42.4 Å². The number of benzene rings is 1. The first-order valence-electron chi connectivity index (χ1n) is 8.32. The summed E-state index contributed by atoms with van der Waals surface area (Å²) in [5, 5.41) is -0.897. The van der Waals surface area contributed by atoms with Crippen LogP contribution < -0.4 is 0 Å². The highest BCUT2D eigenvalue weighted by Crippen LogP contribution is 2.30. The van der Waals surface area contributed by atoms with E-state index in [2.05, 4.69) is 15.9 Å². The van der Waals surface area contributed by atoms with Crippen LogP contribution in [0.5, 0.6) is 0 Å². The molecule has 26 heavy (non-hydrogen) atoms. The second-order valence-electron chi connectivity index (χ2n) is 6.02. The smallest absolute Gasteiger partial charge is 0.410 e. The Morgan fingerprint density at radius 3 is 2.50 bits per heavy atom. The van der Waals surface area contributed by atoms with Crippen molar-refractivity contribution in [3.8, 4) is 0 Å². The molecule has 9 heteroatoms. The van der Waals surface area contributed by atoms with Crippen LogP contribution in [0.2, 0.25) is 0 Å². The Morgan fingerprint density at radius 2 is 1.92 bits per heavy atom. The van der Waals surface area contributed by atoms with Crippen molar-refractivity contribution in [2.24, 2.45) is 0 Å². The molecule has 0 aliphatic carbocycles. The summed E-state index contributed by atoms with van der Waals surface area (Å²) in [5.74, 6) is -0.647. The van der Waals surface area contributed by atoms with Crippen LogP contribution in [0.15, 0.2) is 33.6 Å². The van der Waals surface area contributed by atoms with Crippen molar-refractivity contribution in [3.05, 3.63) is 28.7 Å². The van der Waals surface area contributed by atoms with E-state index in [1.165, 1.54) is 19.2 Å². The summed E-state index contributed by atoms with van der Waals surface area (Å²) in [6, 6.07) is 5.29. The number of rotatable bonds is 6. The van der Waals surface area contributed by atoms with Crippen LogP contribution in [0.1, 0.15) is 26.2 Å². The van der Waals surface area contributed by atoms with Gasteiger partial charge in [-0.05, 0) is 37.1 Å². The third-order valence-corrected chi connectivity index (χ3v) is 6.95. The van der Waals surface area contributed by atoms with Crippen molar-refractivity contribution in [1.29, 1.82) is 0 Å². The second kappa shape index (κ2) is 8.85. The number of sulfone groups is 1. The number of unbranched alkanes of at least 4 members (excludes halogenated alkanes) is 1. The van der Waals surface area contributed by atoms with Crippen LogP contribution in [-0.4, -0.2) is 56.9 Å². The Balaban J connectivity index is 2.22. The first-order valence-corrected chi connectivity index (χ1v) is 10.7. The average Bonchev–Trinajstić information content (AvgIpc) is 3.08. The van der Waals surface area contributed by atoms with Gasteiger partial charge in [-0.3, -0.25) is 4.90 Å². The number of likely N-dealkylation sites (tertiary alicyclic amines) is 1. The molecule has 1 saturated heterocycles. The van der Waals surface area contributed by atoms with Crippen LogP contribution >= 0.6 is 15.9 Å². The molecule has 2 atom stereocenters. The number of esters is 1. The molecule has 0 saturated carbocycles. The molecular weight excluding hydrogens is 426 g/mol. The van der Waals surface area contributed by atoms with Crippen molar-refractivity contribution in [1.82, 2.24) is 4.90 Å². The lowest BCUT2D eigenvalue weighted by Crippen LogP contribution is -2.41. The molecule has 1 heterocycles. The lowest BCUT2D eigenvalue weighted by atomic mass is 10.2. The maximum absolute atomic E-state index is 12.9. The summed E-state index contributed by atoms with van der Waals surface area (Å²) in [7, 11) is -2.49. The summed E-state index contributed by atoms with van der Waals surface area (Å²) >= 11 is 3.27. The largest absolute Gasteiger partial charge is 0.467 e. The molecule has 0 aromatic heterocycles. The van der Waals surface area contributed by atoms with Gasteiger partial charge in [0.1, 0.15) is 6.04 Å². The zero-order valence-electron chi connectivity index (χ0n) is 14.7. The van der Waals surface area contributed by atoms with Gasteiger partial charge in [0.2, 0.25) is 0 Å². The van der Waals surface area contributed by atoms with Gasteiger partial charge in [0, 0.05) is 11.0 Å². The van der Waals surface area contributed by atoms with Gasteiger partial charge >= 0.3 is 12.1 Å². The lowest BCUT2D eigenvalue weighted by Gasteiger charge is -2.21. The van der Waals surface area contributed by atoms with Crippen molar-refractivity contribution < 1.29 is 27.5 Å². The Bertz CT molecular complexity index is 749. The Kier molecular flexibility index (Phi) is 7.05. The third-order valence-electron chi connectivity index (χ3n) is 4.27. The van der Waals surface area contributed by atoms with E-state index in [0.29, 0.717) is 6.42 Å². The quantitative estimate of drug-likeness (QED) is 0.491. The van der Waals surface area contributed by atoms with Gasteiger partial charge in [0.25, 0.3) is 0 Å². The fraction of sp³-hybridized carbons (Fsp3) is 0.529. The second-order valence-corrected chi connectivity index (χ2v) is 9.16. The topological polar surface area (TPSA) is 90.0 Å². The standard InChI is InChI=1S/C17H22BrNO6S/c1-3-4-9-25-17(21)19-11-14(10-15(19)16(20)24-2)26(22,23)13-7-5-12(18)6-8-13/h5-8,14-15H,3-4,9-11H2,1-2H3/t14?,15-/m0/s1. The minimum Gasteiger partial charge on any atom is -0.467 e. The van der Waals surface area contributed by atoms with E-state index in [1.807, 2.05) is 6.92 Å². The molecule has 1 aliphatic rings. The van der Waals surface area contributed by atoms with E-state index >= 15 is 0 Å². The molecule has 0 spiro atoms. The Hall–Kier alpha value is -1.61. The Labute approximate surface area is 161 Å². The zero-order chi connectivity index (χ0) is 19.3. The number of ether oxygens (including phenoxy) is 2. The average molecular weight is 448 g/mol. The van der Waals surface area contributed by atoms with Crippen molar-refractivity contribution >= 4 is 37.8 Å². The number of methoxy groups -OCH3 is 1. The molecule has 144 valence electrons. The van der Waals surface area contributed by atoms with E-state index in [4.69, 9.17) is 9.47 Å². The number of carbonyl (C=O) groups excluding carboxylic acids is 2. The van der Waals surface area contributed by atoms with Gasteiger partial charge in [-0.2, -0.15) is 0 Å². The highest BCUT2D eigenvalue weighted by atomic mass is 79.9. The van der Waals surface area contributed by atoms with E-state index in [0.717, 1.165) is 15.8 Å². The normalized spacial score (nSPS) is 20.0. The first-order chi connectivity index (χ1) is 12.3. The zero-order valence-corrected chi connectivity index (χ0v) is 17.1. The number of halogens is 1.